The standard InChI is InChI=1S/C77H148O6/c1-4-7-10-13-16-19-22-25-27-29-31-33-35-37-38-39-41-42-44-46-48-50-52-55-58-61-64-67-70-76(79)82-73-74(72-81-75(78)69-66-63-60-57-54-24-21-18-15-12-9-6-3)83-77(80)71-68-65-62-59-56-53-51-49-47-45-43-40-36-34-32-30-28-26-23-20-17-14-11-8-5-2/h18,21,74H,4-17,19-20,22-73H2,1-3H3/b21-18-. The van der Waals surface area contributed by atoms with Gasteiger partial charge in [-0.15, -0.1) is 0 Å². The number of ether oxygens (including phenoxy) is 3. The molecule has 0 aromatic carbocycles. The number of hydrogen-bond acceptors (Lipinski definition) is 6. The van der Waals surface area contributed by atoms with E-state index in [2.05, 4.69) is 32.9 Å². The summed E-state index contributed by atoms with van der Waals surface area (Å²) in [6.07, 6.45) is 88.5. The van der Waals surface area contributed by atoms with E-state index in [0.29, 0.717) is 19.3 Å². The van der Waals surface area contributed by atoms with Gasteiger partial charge in [-0.3, -0.25) is 14.4 Å². The van der Waals surface area contributed by atoms with Crippen LogP contribution in [0.25, 0.3) is 0 Å². The highest BCUT2D eigenvalue weighted by atomic mass is 16.6. The van der Waals surface area contributed by atoms with Crippen molar-refractivity contribution in [3.63, 3.8) is 0 Å². The number of carbonyl (C=O) groups is 3. The largest absolute Gasteiger partial charge is 0.462 e. The molecule has 0 aliphatic heterocycles. The minimum Gasteiger partial charge on any atom is -0.462 e. The number of rotatable bonds is 72. The molecule has 0 amide bonds. The maximum atomic E-state index is 13.0. The topological polar surface area (TPSA) is 78.9 Å². The smallest absolute Gasteiger partial charge is 0.306 e. The lowest BCUT2D eigenvalue weighted by Crippen LogP contribution is -2.30. The summed E-state index contributed by atoms with van der Waals surface area (Å²) >= 11 is 0. The van der Waals surface area contributed by atoms with Gasteiger partial charge in [0.15, 0.2) is 6.10 Å². The van der Waals surface area contributed by atoms with Crippen molar-refractivity contribution in [2.75, 3.05) is 13.2 Å². The van der Waals surface area contributed by atoms with E-state index in [1.807, 2.05) is 0 Å². The SMILES string of the molecule is CCCCC/C=C\CCCCCCCC(=O)OCC(COC(=O)CCCCCCCCCCCCCCCCCCCCCCCCCCCCCC)OC(=O)CCCCCCCCCCCCCCCCCCCCCCCCCCC. The zero-order chi connectivity index (χ0) is 59.9. The lowest BCUT2D eigenvalue weighted by molar-refractivity contribution is -0.167. The highest BCUT2D eigenvalue weighted by Crippen LogP contribution is 2.20. The molecule has 6 nitrogen and oxygen atoms in total. The van der Waals surface area contributed by atoms with E-state index in [1.54, 1.807) is 0 Å². The van der Waals surface area contributed by atoms with Crippen LogP contribution in [-0.4, -0.2) is 37.2 Å². The first-order valence-corrected chi connectivity index (χ1v) is 38.2. The van der Waals surface area contributed by atoms with Crippen molar-refractivity contribution >= 4 is 17.9 Å². The summed E-state index contributed by atoms with van der Waals surface area (Å²) in [6, 6.07) is 0. The molecule has 1 atom stereocenters. The van der Waals surface area contributed by atoms with Gasteiger partial charge in [-0.1, -0.05) is 392 Å². The van der Waals surface area contributed by atoms with Crippen molar-refractivity contribution in [1.29, 1.82) is 0 Å². The van der Waals surface area contributed by atoms with E-state index in [4.69, 9.17) is 14.2 Å². The Morgan fingerprint density at radius 1 is 0.229 bits per heavy atom. The summed E-state index contributed by atoms with van der Waals surface area (Å²) in [4.78, 5) is 38.5. The molecule has 1 unspecified atom stereocenters. The molecule has 6 heteroatoms. The van der Waals surface area contributed by atoms with Crippen molar-refractivity contribution in [2.24, 2.45) is 0 Å². The Morgan fingerprint density at radius 2 is 0.398 bits per heavy atom. The van der Waals surface area contributed by atoms with Crippen LogP contribution in [0, 0.1) is 0 Å². The number of esters is 3. The van der Waals surface area contributed by atoms with Gasteiger partial charge in [-0.25, -0.2) is 0 Å². The summed E-state index contributed by atoms with van der Waals surface area (Å²) in [5.41, 5.74) is 0. The van der Waals surface area contributed by atoms with Gasteiger partial charge in [0, 0.05) is 19.3 Å². The van der Waals surface area contributed by atoms with Crippen LogP contribution in [0.4, 0.5) is 0 Å². The van der Waals surface area contributed by atoms with E-state index in [-0.39, 0.29) is 31.1 Å². The fourth-order valence-electron chi connectivity index (χ4n) is 12.0. The average molecular weight is 1170 g/mol. The predicted octanol–water partition coefficient (Wildman–Crippen LogP) is 26.3. The van der Waals surface area contributed by atoms with Crippen molar-refractivity contribution < 1.29 is 28.6 Å². The quantitative estimate of drug-likeness (QED) is 0.0261. The van der Waals surface area contributed by atoms with E-state index in [1.165, 1.54) is 340 Å². The molecule has 83 heavy (non-hydrogen) atoms. The Kier molecular flexibility index (Phi) is 71.0. The molecule has 0 saturated carbocycles. The Labute approximate surface area is 520 Å². The third-order valence-electron chi connectivity index (χ3n) is 17.8. The van der Waals surface area contributed by atoms with Crippen LogP contribution >= 0.6 is 0 Å². The lowest BCUT2D eigenvalue weighted by atomic mass is 10.0. The summed E-state index contributed by atoms with van der Waals surface area (Å²) < 4.78 is 17.0. The minimum atomic E-state index is -0.770. The average Bonchev–Trinajstić information content (AvgIpc) is 3.49. The van der Waals surface area contributed by atoms with E-state index in [0.717, 1.165) is 64.2 Å². The maximum Gasteiger partial charge on any atom is 0.306 e. The van der Waals surface area contributed by atoms with Crippen LogP contribution in [0.3, 0.4) is 0 Å². The monoisotopic (exact) mass is 1170 g/mol. The van der Waals surface area contributed by atoms with E-state index in [9.17, 15) is 14.4 Å². The highest BCUT2D eigenvalue weighted by Gasteiger charge is 2.20. The van der Waals surface area contributed by atoms with Gasteiger partial charge >= 0.3 is 17.9 Å². The molecule has 0 saturated heterocycles. The molecule has 0 aromatic heterocycles. The van der Waals surface area contributed by atoms with Gasteiger partial charge in [0.25, 0.3) is 0 Å². The van der Waals surface area contributed by atoms with E-state index < -0.39 is 6.10 Å². The first-order chi connectivity index (χ1) is 41.0. The lowest BCUT2D eigenvalue weighted by Gasteiger charge is -2.18. The molecule has 0 radical (unpaired) electrons. The number of allylic oxidation sites excluding steroid dienone is 2. The Bertz CT molecular complexity index is 1300. The molecule has 0 aliphatic carbocycles. The second-order valence-electron chi connectivity index (χ2n) is 26.3. The Morgan fingerprint density at radius 3 is 0.627 bits per heavy atom. The molecule has 0 rings (SSSR count). The normalized spacial score (nSPS) is 12.0. The molecule has 0 spiro atoms. The second kappa shape index (κ2) is 72.6. The van der Waals surface area contributed by atoms with Crippen LogP contribution in [-0.2, 0) is 28.6 Å². The highest BCUT2D eigenvalue weighted by molar-refractivity contribution is 5.71. The van der Waals surface area contributed by atoms with Crippen LogP contribution in [0.2, 0.25) is 0 Å². The van der Waals surface area contributed by atoms with Crippen LogP contribution in [0.15, 0.2) is 12.2 Å². The van der Waals surface area contributed by atoms with Gasteiger partial charge in [0.1, 0.15) is 13.2 Å². The van der Waals surface area contributed by atoms with Gasteiger partial charge in [0.2, 0.25) is 0 Å². The predicted molar refractivity (Wildman–Crippen MR) is 363 cm³/mol. The third kappa shape index (κ3) is 70.8. The van der Waals surface area contributed by atoms with Crippen molar-refractivity contribution in [3.8, 4) is 0 Å². The summed E-state index contributed by atoms with van der Waals surface area (Å²) in [5.74, 6) is -0.837. The molecular weight excluding hydrogens is 1020 g/mol. The first kappa shape index (κ1) is 81.2. The zero-order valence-corrected chi connectivity index (χ0v) is 56.8. The molecule has 0 aromatic rings. The van der Waals surface area contributed by atoms with Crippen LogP contribution in [0.1, 0.15) is 445 Å². The van der Waals surface area contributed by atoms with Gasteiger partial charge < -0.3 is 14.2 Å². The van der Waals surface area contributed by atoms with Gasteiger partial charge in [-0.05, 0) is 44.9 Å². The number of hydrogen-bond donors (Lipinski definition) is 0. The van der Waals surface area contributed by atoms with E-state index >= 15 is 0 Å². The third-order valence-corrected chi connectivity index (χ3v) is 17.8. The molecule has 0 bridgehead atoms. The molecule has 0 heterocycles. The molecule has 0 aliphatic rings. The molecule has 492 valence electrons. The Balaban J connectivity index is 4.13. The van der Waals surface area contributed by atoms with Gasteiger partial charge in [-0.2, -0.15) is 0 Å². The Hall–Kier alpha value is -1.85. The summed E-state index contributed by atoms with van der Waals surface area (Å²) in [5, 5.41) is 0. The first-order valence-electron chi connectivity index (χ1n) is 38.2. The summed E-state index contributed by atoms with van der Waals surface area (Å²) in [7, 11) is 0. The van der Waals surface area contributed by atoms with Crippen LogP contribution < -0.4 is 0 Å². The number of unbranched alkanes of at least 4 members (excludes halogenated alkanes) is 59. The maximum absolute atomic E-state index is 13.0. The van der Waals surface area contributed by atoms with Crippen molar-refractivity contribution in [3.05, 3.63) is 12.2 Å². The fraction of sp³-hybridized carbons (Fsp3) is 0.935. The summed E-state index contributed by atoms with van der Waals surface area (Å²) in [6.45, 7) is 6.71. The molecular formula is C77H148O6. The molecule has 0 N–H and O–H groups in total. The fourth-order valence-corrected chi connectivity index (χ4v) is 12.0. The van der Waals surface area contributed by atoms with Crippen molar-refractivity contribution in [1.82, 2.24) is 0 Å². The second-order valence-corrected chi connectivity index (χ2v) is 26.3. The van der Waals surface area contributed by atoms with Crippen molar-refractivity contribution in [2.45, 2.75) is 451 Å². The number of carbonyl (C=O) groups excluding carboxylic acids is 3. The minimum absolute atomic E-state index is 0.0656. The molecule has 0 fully saturated rings. The zero-order valence-electron chi connectivity index (χ0n) is 56.8. The van der Waals surface area contributed by atoms with Crippen LogP contribution in [0.5, 0.6) is 0 Å². The van der Waals surface area contributed by atoms with Gasteiger partial charge in [0.05, 0.1) is 0 Å².